The third kappa shape index (κ3) is 2.38. The Morgan fingerprint density at radius 3 is 3.11 bits per heavy atom. The zero-order valence-corrected chi connectivity index (χ0v) is 11.6. The van der Waals surface area contributed by atoms with E-state index in [1.807, 2.05) is 28.7 Å². The molecule has 3 rings (SSSR count). The number of hydrogen-bond acceptors (Lipinski definition) is 4. The first-order valence-corrected chi connectivity index (χ1v) is 7.31. The topological polar surface area (TPSA) is 46.1 Å². The van der Waals surface area contributed by atoms with Crippen LogP contribution in [0.2, 0.25) is 0 Å². The van der Waals surface area contributed by atoms with Crippen LogP contribution >= 0.6 is 11.3 Å². The van der Waals surface area contributed by atoms with E-state index in [1.165, 1.54) is 0 Å². The number of nitrogens with zero attached hydrogens (tertiary/aromatic N) is 3. The van der Waals surface area contributed by atoms with Gasteiger partial charge in [-0.3, -0.25) is 14.8 Å². The summed E-state index contributed by atoms with van der Waals surface area (Å²) in [6, 6.07) is 1.95. The van der Waals surface area contributed by atoms with Gasteiger partial charge in [0.05, 0.1) is 29.2 Å². The van der Waals surface area contributed by atoms with Crippen molar-refractivity contribution >= 4 is 17.2 Å². The second kappa shape index (κ2) is 5.09. The molecule has 0 radical (unpaired) electrons. The highest BCUT2D eigenvalue weighted by atomic mass is 32.1. The number of hydrogen-bond donors (Lipinski definition) is 0. The van der Waals surface area contributed by atoms with Crippen molar-refractivity contribution in [3.05, 3.63) is 46.2 Å². The first kappa shape index (κ1) is 12.3. The molecule has 0 saturated carbocycles. The minimum Gasteiger partial charge on any atom is -0.330 e. The van der Waals surface area contributed by atoms with Gasteiger partial charge in [-0.1, -0.05) is 0 Å². The van der Waals surface area contributed by atoms with Crippen LogP contribution in [0, 0.1) is 6.92 Å². The summed E-state index contributed by atoms with van der Waals surface area (Å²) in [5, 5.41) is 3.84. The molecule has 1 aliphatic rings. The van der Waals surface area contributed by atoms with E-state index < -0.39 is 0 Å². The number of carbonyl (C=O) groups excluding carboxylic acids is 1. The number of amides is 1. The SMILES string of the molecule is Cc1cncc(C2CCCN2C(=O)c2ccsc2)n1. The summed E-state index contributed by atoms with van der Waals surface area (Å²) in [5.74, 6) is 0.104. The maximum absolute atomic E-state index is 12.5. The normalized spacial score (nSPS) is 18.8. The van der Waals surface area contributed by atoms with Gasteiger partial charge in [0.25, 0.3) is 5.91 Å². The first-order chi connectivity index (χ1) is 9.25. The fraction of sp³-hybridized carbons (Fsp3) is 0.357. The highest BCUT2D eigenvalue weighted by molar-refractivity contribution is 7.08. The Morgan fingerprint density at radius 1 is 1.47 bits per heavy atom. The van der Waals surface area contributed by atoms with Gasteiger partial charge in [-0.05, 0) is 31.2 Å². The van der Waals surface area contributed by atoms with Gasteiger partial charge in [-0.25, -0.2) is 0 Å². The lowest BCUT2D eigenvalue weighted by molar-refractivity contribution is 0.0733. The molecule has 1 atom stereocenters. The maximum Gasteiger partial charge on any atom is 0.255 e. The summed E-state index contributed by atoms with van der Waals surface area (Å²) < 4.78 is 0. The molecule has 0 aliphatic carbocycles. The Kier molecular flexibility index (Phi) is 3.29. The van der Waals surface area contributed by atoms with Crippen LogP contribution in [0.1, 0.15) is 40.6 Å². The Bertz CT molecular complexity index is 582. The molecule has 1 unspecified atom stereocenters. The molecule has 4 nitrogen and oxygen atoms in total. The van der Waals surface area contributed by atoms with E-state index in [-0.39, 0.29) is 11.9 Å². The van der Waals surface area contributed by atoms with E-state index in [0.29, 0.717) is 0 Å². The third-order valence-corrected chi connectivity index (χ3v) is 4.08. The molecule has 5 heteroatoms. The largest absolute Gasteiger partial charge is 0.330 e. The number of aromatic nitrogens is 2. The summed E-state index contributed by atoms with van der Waals surface area (Å²) >= 11 is 1.55. The second-order valence-corrected chi connectivity index (χ2v) is 5.53. The van der Waals surface area contributed by atoms with Crippen LogP contribution < -0.4 is 0 Å². The number of likely N-dealkylation sites (tertiary alicyclic amines) is 1. The summed E-state index contributed by atoms with van der Waals surface area (Å²) in [6.45, 7) is 2.73. The van der Waals surface area contributed by atoms with Crippen molar-refractivity contribution in [3.8, 4) is 0 Å². The van der Waals surface area contributed by atoms with Crippen LogP contribution in [0.25, 0.3) is 0 Å². The molecule has 0 bridgehead atoms. The molecule has 1 aliphatic heterocycles. The van der Waals surface area contributed by atoms with E-state index in [9.17, 15) is 4.79 Å². The Morgan fingerprint density at radius 2 is 2.37 bits per heavy atom. The minimum atomic E-state index is 0.0693. The third-order valence-electron chi connectivity index (χ3n) is 3.40. The molecular weight excluding hydrogens is 258 g/mol. The molecule has 0 aromatic carbocycles. The van der Waals surface area contributed by atoms with Gasteiger partial charge in [0, 0.05) is 18.1 Å². The lowest BCUT2D eigenvalue weighted by Crippen LogP contribution is -2.30. The predicted molar refractivity (Wildman–Crippen MR) is 74.1 cm³/mol. The predicted octanol–water partition coefficient (Wildman–Crippen LogP) is 2.82. The van der Waals surface area contributed by atoms with Crippen molar-refractivity contribution in [1.82, 2.24) is 14.9 Å². The van der Waals surface area contributed by atoms with Crippen LogP contribution in [-0.4, -0.2) is 27.3 Å². The van der Waals surface area contributed by atoms with Crippen molar-refractivity contribution in [2.45, 2.75) is 25.8 Å². The highest BCUT2D eigenvalue weighted by Gasteiger charge is 2.31. The van der Waals surface area contributed by atoms with Gasteiger partial charge >= 0.3 is 0 Å². The average molecular weight is 273 g/mol. The molecule has 0 N–H and O–H groups in total. The molecular formula is C14H15N3OS. The Balaban J connectivity index is 1.88. The average Bonchev–Trinajstić information content (AvgIpc) is 3.09. The van der Waals surface area contributed by atoms with E-state index in [2.05, 4.69) is 9.97 Å². The van der Waals surface area contributed by atoms with E-state index in [0.717, 1.165) is 36.3 Å². The smallest absolute Gasteiger partial charge is 0.255 e. The van der Waals surface area contributed by atoms with Crippen molar-refractivity contribution in [1.29, 1.82) is 0 Å². The first-order valence-electron chi connectivity index (χ1n) is 6.37. The zero-order chi connectivity index (χ0) is 13.2. The zero-order valence-electron chi connectivity index (χ0n) is 10.7. The monoisotopic (exact) mass is 273 g/mol. The standard InChI is InChI=1S/C14H15N3OS/c1-10-7-15-8-12(16-10)13-3-2-5-17(13)14(18)11-4-6-19-9-11/h4,6-9,13H,2-3,5H2,1H3. The molecule has 98 valence electrons. The Hall–Kier alpha value is -1.75. The van der Waals surface area contributed by atoms with Crippen molar-refractivity contribution in [3.63, 3.8) is 0 Å². The van der Waals surface area contributed by atoms with Crippen molar-refractivity contribution < 1.29 is 4.79 Å². The number of thiophene rings is 1. The lowest BCUT2D eigenvalue weighted by atomic mass is 10.1. The van der Waals surface area contributed by atoms with Gasteiger partial charge in [0.15, 0.2) is 0 Å². The summed E-state index contributed by atoms with van der Waals surface area (Å²) in [6.07, 6.45) is 5.50. The Labute approximate surface area is 116 Å². The van der Waals surface area contributed by atoms with E-state index in [1.54, 1.807) is 23.7 Å². The second-order valence-electron chi connectivity index (χ2n) is 4.75. The molecule has 2 aromatic rings. The van der Waals surface area contributed by atoms with Gasteiger partial charge < -0.3 is 4.90 Å². The van der Waals surface area contributed by atoms with Crippen LogP contribution in [0.3, 0.4) is 0 Å². The van der Waals surface area contributed by atoms with Crippen molar-refractivity contribution in [2.75, 3.05) is 6.54 Å². The van der Waals surface area contributed by atoms with E-state index in [4.69, 9.17) is 0 Å². The summed E-state index contributed by atoms with van der Waals surface area (Å²) in [4.78, 5) is 23.1. The van der Waals surface area contributed by atoms with Gasteiger partial charge in [-0.2, -0.15) is 11.3 Å². The number of carbonyl (C=O) groups is 1. The molecule has 19 heavy (non-hydrogen) atoms. The highest BCUT2D eigenvalue weighted by Crippen LogP contribution is 2.32. The van der Waals surface area contributed by atoms with Crippen LogP contribution in [-0.2, 0) is 0 Å². The summed E-state index contributed by atoms with van der Waals surface area (Å²) in [5.41, 5.74) is 2.57. The molecule has 1 fully saturated rings. The van der Waals surface area contributed by atoms with Crippen LogP contribution in [0.15, 0.2) is 29.2 Å². The molecule has 0 spiro atoms. The molecule has 1 saturated heterocycles. The minimum absolute atomic E-state index is 0.0693. The van der Waals surface area contributed by atoms with Gasteiger partial charge in [-0.15, -0.1) is 0 Å². The maximum atomic E-state index is 12.5. The summed E-state index contributed by atoms with van der Waals surface area (Å²) in [7, 11) is 0. The van der Waals surface area contributed by atoms with Gasteiger partial charge in [0.1, 0.15) is 0 Å². The molecule has 2 aromatic heterocycles. The fourth-order valence-corrected chi connectivity index (χ4v) is 3.14. The van der Waals surface area contributed by atoms with Gasteiger partial charge in [0.2, 0.25) is 0 Å². The fourth-order valence-electron chi connectivity index (χ4n) is 2.51. The van der Waals surface area contributed by atoms with Crippen LogP contribution in [0.5, 0.6) is 0 Å². The lowest BCUT2D eigenvalue weighted by Gasteiger charge is -2.23. The van der Waals surface area contributed by atoms with Crippen molar-refractivity contribution in [2.24, 2.45) is 0 Å². The molecule has 3 heterocycles. The van der Waals surface area contributed by atoms with Crippen LogP contribution in [0.4, 0.5) is 0 Å². The number of aryl methyl sites for hydroxylation is 1. The van der Waals surface area contributed by atoms with E-state index >= 15 is 0 Å². The number of rotatable bonds is 2. The quantitative estimate of drug-likeness (QED) is 0.845. The molecule has 1 amide bonds.